The summed E-state index contributed by atoms with van der Waals surface area (Å²) in [7, 11) is 0. The van der Waals surface area contributed by atoms with E-state index in [1.807, 2.05) is 13.8 Å². The molecule has 1 aliphatic heterocycles. The van der Waals surface area contributed by atoms with Gasteiger partial charge in [-0.25, -0.2) is 4.98 Å². The number of nitrogens with zero attached hydrogens (tertiary/aromatic N) is 4. The maximum atomic E-state index is 11.4. The lowest BCUT2D eigenvalue weighted by Gasteiger charge is -2.06. The summed E-state index contributed by atoms with van der Waals surface area (Å²) in [6.07, 6.45) is 1.49. The van der Waals surface area contributed by atoms with Gasteiger partial charge in [-0.15, -0.1) is 0 Å². The van der Waals surface area contributed by atoms with Crippen molar-refractivity contribution in [2.45, 2.75) is 39.2 Å². The molecule has 8 heteroatoms. The molecule has 0 aliphatic carbocycles. The number of anilines is 1. The van der Waals surface area contributed by atoms with Crippen molar-refractivity contribution in [1.82, 2.24) is 14.6 Å². The van der Waals surface area contributed by atoms with Crippen LogP contribution in [0, 0.1) is 10.1 Å². The summed E-state index contributed by atoms with van der Waals surface area (Å²) in [5.41, 5.74) is 1.96. The first kappa shape index (κ1) is 13.7. The molecular formula is C13H17N5O3. The van der Waals surface area contributed by atoms with E-state index < -0.39 is 4.92 Å². The number of nitro groups is 1. The van der Waals surface area contributed by atoms with E-state index in [2.05, 4.69) is 15.4 Å². The zero-order valence-electron chi connectivity index (χ0n) is 12.0. The van der Waals surface area contributed by atoms with Gasteiger partial charge in [0.25, 0.3) is 0 Å². The third-order valence-corrected chi connectivity index (χ3v) is 4.03. The molecule has 112 valence electrons. The highest BCUT2D eigenvalue weighted by Crippen LogP contribution is 2.35. The van der Waals surface area contributed by atoms with Gasteiger partial charge in [-0.05, 0) is 12.8 Å². The Hall–Kier alpha value is -2.22. The van der Waals surface area contributed by atoms with Crippen molar-refractivity contribution in [2.24, 2.45) is 0 Å². The van der Waals surface area contributed by atoms with E-state index in [1.165, 1.54) is 4.52 Å². The fraction of sp³-hybridized carbons (Fsp3) is 0.538. The normalized spacial score (nSPS) is 15.0. The number of nitrogens with one attached hydrogen (secondary N) is 1. The Bertz CT molecular complexity index is 724. The van der Waals surface area contributed by atoms with Crippen molar-refractivity contribution in [1.29, 1.82) is 0 Å². The van der Waals surface area contributed by atoms with Crippen LogP contribution in [0.4, 0.5) is 11.5 Å². The maximum absolute atomic E-state index is 11.4. The van der Waals surface area contributed by atoms with Gasteiger partial charge in [0.15, 0.2) is 0 Å². The zero-order valence-corrected chi connectivity index (χ0v) is 12.0. The summed E-state index contributed by atoms with van der Waals surface area (Å²) in [4.78, 5) is 15.3. The second-order valence-electron chi connectivity index (χ2n) is 5.26. The van der Waals surface area contributed by atoms with Gasteiger partial charge in [-0.1, -0.05) is 13.8 Å². The molecule has 1 atom stereocenters. The lowest BCUT2D eigenvalue weighted by Crippen LogP contribution is -2.04. The summed E-state index contributed by atoms with van der Waals surface area (Å²) in [6.45, 7) is 4.36. The van der Waals surface area contributed by atoms with Crippen molar-refractivity contribution >= 4 is 17.2 Å². The first-order valence-electron chi connectivity index (χ1n) is 7.02. The number of fused-ring (bicyclic) bond motifs is 3. The number of aromatic nitrogens is 3. The second kappa shape index (κ2) is 4.96. The fourth-order valence-corrected chi connectivity index (χ4v) is 2.71. The van der Waals surface area contributed by atoms with Gasteiger partial charge in [-0.3, -0.25) is 10.1 Å². The molecule has 2 N–H and O–H groups in total. The monoisotopic (exact) mass is 291 g/mol. The van der Waals surface area contributed by atoms with E-state index in [4.69, 9.17) is 0 Å². The molecule has 1 aliphatic rings. The van der Waals surface area contributed by atoms with Gasteiger partial charge in [0, 0.05) is 18.0 Å². The summed E-state index contributed by atoms with van der Waals surface area (Å²) in [5.74, 6) is 0.684. The molecule has 2 aromatic heterocycles. The quantitative estimate of drug-likeness (QED) is 0.655. The second-order valence-corrected chi connectivity index (χ2v) is 5.26. The van der Waals surface area contributed by atoms with Crippen LogP contribution in [0.2, 0.25) is 0 Å². The Morgan fingerprint density at radius 2 is 2.33 bits per heavy atom. The predicted molar refractivity (Wildman–Crippen MR) is 76.5 cm³/mol. The Labute approximate surface area is 121 Å². The minimum Gasteiger partial charge on any atom is -0.390 e. The van der Waals surface area contributed by atoms with E-state index >= 15 is 0 Å². The molecule has 0 amide bonds. The number of hydrogen-bond donors (Lipinski definition) is 2. The van der Waals surface area contributed by atoms with Crippen molar-refractivity contribution in [3.05, 3.63) is 27.1 Å². The minimum absolute atomic E-state index is 0.0262. The Morgan fingerprint density at radius 1 is 1.57 bits per heavy atom. The van der Waals surface area contributed by atoms with Crippen LogP contribution < -0.4 is 5.32 Å². The van der Waals surface area contributed by atoms with Gasteiger partial charge in [0.1, 0.15) is 11.5 Å². The highest BCUT2D eigenvalue weighted by molar-refractivity contribution is 5.69. The molecule has 0 bridgehead atoms. The molecule has 0 fully saturated rings. The molecule has 0 spiro atoms. The largest absolute Gasteiger partial charge is 0.390 e. The van der Waals surface area contributed by atoms with E-state index in [-0.39, 0.29) is 23.9 Å². The Balaban J connectivity index is 2.37. The molecule has 21 heavy (non-hydrogen) atoms. The van der Waals surface area contributed by atoms with Crippen LogP contribution >= 0.6 is 0 Å². The molecule has 3 heterocycles. The lowest BCUT2D eigenvalue weighted by molar-refractivity contribution is -0.384. The van der Waals surface area contributed by atoms with Crippen molar-refractivity contribution < 1.29 is 10.0 Å². The summed E-state index contributed by atoms with van der Waals surface area (Å²) < 4.78 is 1.52. The summed E-state index contributed by atoms with van der Waals surface area (Å²) in [5, 5.41) is 28.5. The molecule has 1 unspecified atom stereocenters. The number of hydrogen-bond acceptors (Lipinski definition) is 6. The molecule has 0 saturated carbocycles. The minimum atomic E-state index is -0.431. The van der Waals surface area contributed by atoms with Crippen LogP contribution in [0.1, 0.15) is 43.1 Å². The van der Waals surface area contributed by atoms with Crippen molar-refractivity contribution in [3.63, 3.8) is 0 Å². The standard InChI is InChI=1S/C13H17N5O3/c1-3-7(2)10-11(18(20)21)13-15-9(6-19)8-4-5-14-12(8)17(13)16-10/h7,14,19H,3-6H2,1-2H3. The maximum Gasteiger partial charge on any atom is 0.337 e. The van der Waals surface area contributed by atoms with Gasteiger partial charge in [0.2, 0.25) is 5.65 Å². The van der Waals surface area contributed by atoms with Crippen molar-refractivity contribution in [3.8, 4) is 0 Å². The fourth-order valence-electron chi connectivity index (χ4n) is 2.71. The van der Waals surface area contributed by atoms with Gasteiger partial charge in [-0.2, -0.15) is 9.61 Å². The van der Waals surface area contributed by atoms with Gasteiger partial charge < -0.3 is 10.4 Å². The van der Waals surface area contributed by atoms with Crippen LogP contribution in [-0.4, -0.2) is 31.2 Å². The first-order chi connectivity index (χ1) is 10.1. The lowest BCUT2D eigenvalue weighted by atomic mass is 10.0. The SMILES string of the molecule is CCC(C)c1nn2c3c(c(CO)nc2c1[N+](=O)[O-])CCN3. The van der Waals surface area contributed by atoms with E-state index in [1.54, 1.807) is 0 Å². The van der Waals surface area contributed by atoms with Crippen LogP contribution in [0.3, 0.4) is 0 Å². The van der Waals surface area contributed by atoms with E-state index in [9.17, 15) is 15.2 Å². The van der Waals surface area contributed by atoms with E-state index in [0.717, 1.165) is 24.9 Å². The Morgan fingerprint density at radius 3 is 2.95 bits per heavy atom. The van der Waals surface area contributed by atoms with Crippen LogP contribution in [0.15, 0.2) is 0 Å². The average Bonchev–Trinajstić information content (AvgIpc) is 3.08. The van der Waals surface area contributed by atoms with Crippen LogP contribution in [-0.2, 0) is 13.0 Å². The van der Waals surface area contributed by atoms with Crippen LogP contribution in [0.25, 0.3) is 5.65 Å². The molecular weight excluding hydrogens is 274 g/mol. The number of aliphatic hydroxyl groups is 1. The number of aliphatic hydroxyl groups excluding tert-OH is 1. The Kier molecular flexibility index (Phi) is 3.25. The average molecular weight is 291 g/mol. The van der Waals surface area contributed by atoms with Crippen molar-refractivity contribution in [2.75, 3.05) is 11.9 Å². The summed E-state index contributed by atoms with van der Waals surface area (Å²) in [6, 6.07) is 0. The molecule has 3 rings (SSSR count). The molecule has 8 nitrogen and oxygen atoms in total. The van der Waals surface area contributed by atoms with Gasteiger partial charge >= 0.3 is 5.69 Å². The van der Waals surface area contributed by atoms with Crippen LogP contribution in [0.5, 0.6) is 0 Å². The third-order valence-electron chi connectivity index (χ3n) is 4.03. The van der Waals surface area contributed by atoms with E-state index in [0.29, 0.717) is 17.2 Å². The topological polar surface area (TPSA) is 106 Å². The first-order valence-corrected chi connectivity index (χ1v) is 7.02. The molecule has 0 radical (unpaired) electrons. The molecule has 0 saturated heterocycles. The number of rotatable bonds is 4. The highest BCUT2D eigenvalue weighted by Gasteiger charge is 2.31. The third kappa shape index (κ3) is 1.94. The summed E-state index contributed by atoms with van der Waals surface area (Å²) >= 11 is 0. The zero-order chi connectivity index (χ0) is 15.1. The van der Waals surface area contributed by atoms with Gasteiger partial charge in [0.05, 0.1) is 17.2 Å². The molecule has 2 aromatic rings. The highest BCUT2D eigenvalue weighted by atomic mass is 16.6. The molecule has 0 aromatic carbocycles. The smallest absolute Gasteiger partial charge is 0.337 e. The predicted octanol–water partition coefficient (Wildman–Crippen LogP) is 1.61.